The van der Waals surface area contributed by atoms with Crippen molar-refractivity contribution >= 4 is 47.1 Å². The van der Waals surface area contributed by atoms with E-state index in [4.69, 9.17) is 29.7 Å². The largest absolute Gasteiger partial charge is 0.502 e. The number of aromatic nitrogens is 2. The number of methoxy groups -OCH3 is 2. The minimum absolute atomic E-state index is 0.0275. The second-order valence-corrected chi connectivity index (χ2v) is 14.6. The van der Waals surface area contributed by atoms with Crippen LogP contribution in [0.3, 0.4) is 0 Å². The molecule has 0 radical (unpaired) electrons. The molecule has 22 nitrogen and oxygen atoms in total. The zero-order valence-corrected chi connectivity index (χ0v) is 28.7. The Morgan fingerprint density at radius 1 is 1.08 bits per heavy atom. The maximum absolute atomic E-state index is 13.1. The van der Waals surface area contributed by atoms with Crippen molar-refractivity contribution in [3.63, 3.8) is 0 Å². The van der Waals surface area contributed by atoms with Gasteiger partial charge in [0.25, 0.3) is 5.91 Å². The van der Waals surface area contributed by atoms with Crippen LogP contribution >= 0.6 is 23.5 Å². The highest BCUT2D eigenvalue weighted by molar-refractivity contribution is 7.66. The number of carbonyl (C=O) groups is 1. The molecule has 8 N–H and O–H groups in total. The molecule has 272 valence electrons. The summed E-state index contributed by atoms with van der Waals surface area (Å²) >= 11 is 0. The maximum Gasteiger partial charge on any atom is 0.490 e. The van der Waals surface area contributed by atoms with Gasteiger partial charge < -0.3 is 49.7 Å². The molecule has 0 aliphatic carbocycles. The minimum Gasteiger partial charge on any atom is -0.502 e. The number of amides is 1. The zero-order chi connectivity index (χ0) is 37.2. The van der Waals surface area contributed by atoms with Crippen molar-refractivity contribution in [3.8, 4) is 29.1 Å². The lowest BCUT2D eigenvalue weighted by Crippen LogP contribution is -2.31. The number of phosphoric ester groups is 1. The number of carbonyl (C=O) groups excluding carboxylic acids is 1. The van der Waals surface area contributed by atoms with Crippen LogP contribution in [-0.2, 0) is 36.4 Å². The average Bonchev–Trinajstić information content (AvgIpc) is 3.49. The molecule has 1 fully saturated rings. The van der Waals surface area contributed by atoms with E-state index >= 15 is 0 Å². The summed E-state index contributed by atoms with van der Waals surface area (Å²) in [5.74, 6) is 5.04. The fourth-order valence-corrected chi connectivity index (χ4v) is 7.54. The third-order valence-electron chi connectivity index (χ3n) is 6.72. The quantitative estimate of drug-likeness (QED) is 0.0861. The number of hydrogen-bond donors (Lipinski definition) is 7. The van der Waals surface area contributed by atoms with Crippen LogP contribution in [0, 0.1) is 11.8 Å². The van der Waals surface area contributed by atoms with E-state index < -0.39 is 60.1 Å². The second-order valence-electron chi connectivity index (χ2n) is 10.2. The smallest absolute Gasteiger partial charge is 0.490 e. The van der Waals surface area contributed by atoms with E-state index in [1.54, 1.807) is 6.92 Å². The number of aliphatic imine (C=N–C) groups is 1. The van der Waals surface area contributed by atoms with Crippen molar-refractivity contribution in [2.75, 3.05) is 33.1 Å². The van der Waals surface area contributed by atoms with Crippen molar-refractivity contribution in [3.05, 3.63) is 45.6 Å². The topological polar surface area (TPSA) is 322 Å². The number of aliphatic hydroxyl groups is 1. The molecule has 2 aliphatic rings. The normalized spacial score (nSPS) is 22.4. The van der Waals surface area contributed by atoms with Gasteiger partial charge in [-0.3, -0.25) is 18.8 Å². The van der Waals surface area contributed by atoms with Gasteiger partial charge in [-0.15, -0.1) is 0 Å². The van der Waals surface area contributed by atoms with Gasteiger partial charge in [-0.05, 0) is 30.7 Å². The molecule has 0 bridgehead atoms. The lowest BCUT2D eigenvalue weighted by Gasteiger charge is -2.19. The summed E-state index contributed by atoms with van der Waals surface area (Å²) in [6.07, 6.45) is -1.73. The van der Waals surface area contributed by atoms with E-state index in [-0.39, 0.29) is 47.3 Å². The van der Waals surface area contributed by atoms with Crippen LogP contribution in [-0.4, -0.2) is 95.6 Å². The number of amidine groups is 1. The summed E-state index contributed by atoms with van der Waals surface area (Å²) in [5.41, 5.74) is 5.51. The molecule has 1 aromatic carbocycles. The van der Waals surface area contributed by atoms with E-state index in [0.717, 1.165) is 4.57 Å². The molecule has 3 heterocycles. The van der Waals surface area contributed by atoms with Crippen LogP contribution in [0.2, 0.25) is 0 Å². The van der Waals surface area contributed by atoms with E-state index in [1.165, 1.54) is 43.5 Å². The van der Waals surface area contributed by atoms with Gasteiger partial charge in [-0.25, -0.2) is 23.5 Å². The predicted molar refractivity (Wildman–Crippen MR) is 168 cm³/mol. The Bertz CT molecular complexity index is 1980. The summed E-state index contributed by atoms with van der Waals surface area (Å²) in [6.45, 7) is 0.464. The van der Waals surface area contributed by atoms with Gasteiger partial charge in [-0.2, -0.15) is 13.6 Å². The number of benzene rings is 1. The number of ether oxygens (including phenoxy) is 3. The highest BCUT2D eigenvalue weighted by Crippen LogP contribution is 2.66. The number of hydrogen-bond acceptors (Lipinski definition) is 16. The first-order valence-corrected chi connectivity index (χ1v) is 18.3. The maximum atomic E-state index is 13.1. The first-order valence-electron chi connectivity index (χ1n) is 13.8. The molecule has 1 amide bonds. The zero-order valence-electron chi connectivity index (χ0n) is 26.0. The molecule has 50 heavy (non-hydrogen) atoms. The molecule has 1 saturated heterocycles. The van der Waals surface area contributed by atoms with Crippen molar-refractivity contribution in [1.82, 2.24) is 14.5 Å². The van der Waals surface area contributed by atoms with E-state index in [1.807, 2.05) is 0 Å². The number of anilines is 1. The molecule has 0 saturated carbocycles. The average molecular weight is 765 g/mol. The first-order chi connectivity index (χ1) is 23.2. The standard InChI is InChI=1S/C25H30N5O17P3/c1-13-27-16(7-14-8-18(42-2)22(32)19(9-14)43-3)24(33)29(13)6-4-5-15-11-30(25(34)28-23(15)26)21-10-17(31)20(45-21)12-44-49(38,39)47-50(40,41)46-48(35,36)37/h7-9,11,17,20-21,31-32H,6,10,12H2,1-3H3,(H,38,39)(H,40,41)(H2,26,28,34)(H2,35,36,37)/b16-7-/t17-,20+,21+/m0/s1. The number of phosphoric acid groups is 3. The third-order valence-corrected chi connectivity index (χ3v) is 10.5. The fraction of sp³-hybridized carbons (Fsp3) is 0.360. The Balaban J connectivity index is 1.44. The first kappa shape index (κ1) is 38.9. The number of nitrogens with zero attached hydrogens (tertiary/aromatic N) is 4. The molecule has 0 spiro atoms. The lowest BCUT2D eigenvalue weighted by atomic mass is 10.1. The number of aromatic hydroxyl groups is 1. The Labute approximate surface area is 281 Å². The Morgan fingerprint density at radius 3 is 2.32 bits per heavy atom. The van der Waals surface area contributed by atoms with E-state index in [2.05, 4.69) is 35.0 Å². The van der Waals surface area contributed by atoms with Crippen LogP contribution in [0.1, 0.15) is 30.7 Å². The van der Waals surface area contributed by atoms with Crippen molar-refractivity contribution < 1.29 is 75.6 Å². The van der Waals surface area contributed by atoms with Gasteiger partial charge in [0.15, 0.2) is 11.5 Å². The summed E-state index contributed by atoms with van der Waals surface area (Å²) < 4.78 is 62.8. The summed E-state index contributed by atoms with van der Waals surface area (Å²) in [4.78, 5) is 71.1. The highest BCUT2D eigenvalue weighted by atomic mass is 31.3. The third kappa shape index (κ3) is 9.64. The molecule has 4 rings (SSSR count). The number of aliphatic hydroxyl groups excluding tert-OH is 1. The van der Waals surface area contributed by atoms with Gasteiger partial charge in [0.2, 0.25) is 5.75 Å². The van der Waals surface area contributed by atoms with Gasteiger partial charge in [0, 0.05) is 12.6 Å². The van der Waals surface area contributed by atoms with Crippen LogP contribution in [0.4, 0.5) is 5.82 Å². The van der Waals surface area contributed by atoms with Gasteiger partial charge in [0.1, 0.15) is 29.7 Å². The Hall–Kier alpha value is -3.93. The van der Waals surface area contributed by atoms with Gasteiger partial charge in [0.05, 0.1) is 39.0 Å². The Morgan fingerprint density at radius 2 is 1.72 bits per heavy atom. The highest BCUT2D eigenvalue weighted by Gasteiger charge is 2.43. The number of nitrogens with two attached hydrogens (primary N) is 1. The van der Waals surface area contributed by atoms with Crippen LogP contribution in [0.5, 0.6) is 17.2 Å². The van der Waals surface area contributed by atoms with Crippen molar-refractivity contribution in [1.29, 1.82) is 0 Å². The fourth-order valence-electron chi connectivity index (χ4n) is 4.51. The molecule has 2 aromatic rings. The molecule has 5 atom stereocenters. The Kier molecular flexibility index (Phi) is 11.8. The minimum atomic E-state index is -5.77. The van der Waals surface area contributed by atoms with Gasteiger partial charge >= 0.3 is 29.2 Å². The number of rotatable bonds is 12. The number of phenols is 1. The van der Waals surface area contributed by atoms with Crippen LogP contribution in [0.15, 0.2) is 33.8 Å². The SMILES string of the molecule is COc1cc(/C=C2\N=C(C)N(CC#Cc3cn([C@H]4C[C@H](O)[C@@H](COP(=O)(O)OP(=O)(O)OP(=O)(O)O)O4)c(=O)nc3N)C2=O)cc(OC)c1O. The second kappa shape index (κ2) is 15.1. The van der Waals surface area contributed by atoms with E-state index in [9.17, 15) is 43.3 Å². The van der Waals surface area contributed by atoms with Crippen molar-refractivity contribution in [2.24, 2.45) is 4.99 Å². The molecule has 1 aromatic heterocycles. The van der Waals surface area contributed by atoms with Crippen LogP contribution in [0.25, 0.3) is 6.08 Å². The molecule has 2 aliphatic heterocycles. The monoisotopic (exact) mass is 765 g/mol. The molecule has 25 heteroatoms. The summed E-state index contributed by atoms with van der Waals surface area (Å²) in [7, 11) is -14.2. The molecular formula is C25H30N5O17P3. The molecule has 2 unspecified atom stereocenters. The number of phenolic OH excluding ortho intramolecular Hbond substituents is 1. The van der Waals surface area contributed by atoms with E-state index in [0.29, 0.717) is 11.4 Å². The lowest BCUT2D eigenvalue weighted by molar-refractivity contribution is -0.122. The summed E-state index contributed by atoms with van der Waals surface area (Å²) in [5, 5.41) is 20.5. The number of nitrogen functional groups attached to an aromatic ring is 1. The van der Waals surface area contributed by atoms with Crippen molar-refractivity contribution in [2.45, 2.75) is 31.8 Å². The van der Waals surface area contributed by atoms with Crippen LogP contribution < -0.4 is 20.9 Å². The van der Waals surface area contributed by atoms with Gasteiger partial charge in [-0.1, -0.05) is 11.8 Å². The summed E-state index contributed by atoms with van der Waals surface area (Å²) in [6, 6.07) is 2.98. The molecular weight excluding hydrogens is 735 g/mol. The predicted octanol–water partition coefficient (Wildman–Crippen LogP) is 0.193.